The monoisotopic (exact) mass is 656 g/mol. The predicted molar refractivity (Wildman–Crippen MR) is 166 cm³/mol. The maximum absolute atomic E-state index is 14.3. The average Bonchev–Trinajstić information content (AvgIpc) is 3.68. The second-order valence-electron chi connectivity index (χ2n) is 12.1. The van der Waals surface area contributed by atoms with Gasteiger partial charge in [-0.3, -0.25) is 9.32 Å². The van der Waals surface area contributed by atoms with E-state index in [-0.39, 0.29) is 24.9 Å². The molecule has 3 N–H and O–H groups in total. The van der Waals surface area contributed by atoms with Gasteiger partial charge in [0, 0.05) is 0 Å². The Balaban J connectivity index is 1.39. The highest BCUT2D eigenvalue weighted by Gasteiger charge is 2.62. The van der Waals surface area contributed by atoms with Crippen molar-refractivity contribution in [1.82, 2.24) is 19.7 Å². The number of ether oxygens (including phenoxy) is 4. The molecule has 46 heavy (non-hydrogen) atoms. The lowest BCUT2D eigenvalue weighted by Gasteiger charge is -2.31. The Labute approximate surface area is 268 Å². The van der Waals surface area contributed by atoms with Crippen molar-refractivity contribution in [3.05, 3.63) is 54.0 Å². The van der Waals surface area contributed by atoms with Gasteiger partial charge in [-0.15, -0.1) is 0 Å². The molecule has 6 atom stereocenters. The summed E-state index contributed by atoms with van der Waals surface area (Å²) in [5.41, 5.74) is 6.65. The summed E-state index contributed by atoms with van der Waals surface area (Å²) in [6.45, 7) is 11.0. The van der Waals surface area contributed by atoms with Gasteiger partial charge < -0.3 is 29.2 Å². The third-order valence-electron chi connectivity index (χ3n) is 8.36. The summed E-state index contributed by atoms with van der Waals surface area (Å²) in [6, 6.07) is 10.7. The van der Waals surface area contributed by atoms with E-state index in [2.05, 4.69) is 15.2 Å². The van der Waals surface area contributed by atoms with E-state index in [1.807, 2.05) is 32.9 Å². The minimum atomic E-state index is -4.26. The second-order valence-corrected chi connectivity index (χ2v) is 13.8. The van der Waals surface area contributed by atoms with Crippen LogP contribution in [-0.2, 0) is 38.4 Å². The fraction of sp³-hybridized carbons (Fsp3) is 0.548. The number of rotatable bonds is 13. The van der Waals surface area contributed by atoms with Crippen LogP contribution in [-0.4, -0.2) is 63.9 Å². The third-order valence-corrected chi connectivity index (χ3v) is 10.0. The maximum Gasteiger partial charge on any atom is 0.459 e. The van der Waals surface area contributed by atoms with Crippen molar-refractivity contribution < 1.29 is 37.4 Å². The molecule has 0 aliphatic carbocycles. The molecule has 2 saturated heterocycles. The largest absolute Gasteiger partial charge is 0.464 e. The number of benzene rings is 1. The molecular weight excluding hydrogens is 615 g/mol. The van der Waals surface area contributed by atoms with Gasteiger partial charge in [-0.05, 0) is 70.0 Å². The summed E-state index contributed by atoms with van der Waals surface area (Å²) in [5.74, 6) is -0.856. The van der Waals surface area contributed by atoms with Crippen LogP contribution in [0.1, 0.15) is 65.6 Å². The van der Waals surface area contributed by atoms with Gasteiger partial charge in [0.2, 0.25) is 0 Å². The van der Waals surface area contributed by atoms with Crippen molar-refractivity contribution in [1.29, 1.82) is 5.26 Å². The van der Waals surface area contributed by atoms with E-state index >= 15 is 0 Å². The van der Waals surface area contributed by atoms with E-state index in [9.17, 15) is 14.6 Å². The molecule has 0 saturated carbocycles. The zero-order chi connectivity index (χ0) is 33.3. The quantitative estimate of drug-likeness (QED) is 0.194. The zero-order valence-corrected chi connectivity index (χ0v) is 27.7. The van der Waals surface area contributed by atoms with Gasteiger partial charge in [-0.25, -0.2) is 14.1 Å². The number of aromatic nitrogens is 3. The lowest BCUT2D eigenvalue weighted by molar-refractivity contribution is -0.211. The number of hydrogen-bond acceptors (Lipinski definition) is 12. The number of nitrogens with two attached hydrogens (primary N) is 1. The highest BCUT2D eigenvalue weighted by atomic mass is 31.2. The van der Waals surface area contributed by atoms with Gasteiger partial charge in [0.25, 0.3) is 0 Å². The Hall–Kier alpha value is -3.57. The first-order valence-corrected chi connectivity index (χ1v) is 16.9. The number of nitrogens with one attached hydrogen (secondary N) is 1. The van der Waals surface area contributed by atoms with Gasteiger partial charge in [-0.1, -0.05) is 26.7 Å². The highest BCUT2D eigenvalue weighted by molar-refractivity contribution is 7.52. The number of hydrogen-bond donors (Lipinski definition) is 2. The fourth-order valence-corrected chi connectivity index (χ4v) is 7.23. The third kappa shape index (κ3) is 6.90. The number of anilines is 1. The van der Waals surface area contributed by atoms with Crippen LogP contribution in [0.3, 0.4) is 0 Å². The lowest BCUT2D eigenvalue weighted by atomic mass is 9.93. The Bertz CT molecular complexity index is 1640. The molecule has 0 bridgehead atoms. The number of nitrogen functional groups attached to an aromatic ring is 1. The SMILES string of the molecule is CCC(CC)COC(=O)[C@H](C)NP(=O)(OC[C@H]1O[C@@](C)(c2ccc3c(N)ncnn23)[C@@H]2OC(C)(C)O[C@@H]21)Oc1ccc(C#N)cc1. The van der Waals surface area contributed by atoms with Crippen LogP contribution in [0.15, 0.2) is 42.7 Å². The smallest absolute Gasteiger partial charge is 0.459 e. The van der Waals surface area contributed by atoms with Crippen LogP contribution in [0.2, 0.25) is 0 Å². The van der Waals surface area contributed by atoms with Crippen molar-refractivity contribution in [2.24, 2.45) is 5.92 Å². The van der Waals surface area contributed by atoms with Crippen molar-refractivity contribution >= 4 is 25.1 Å². The molecule has 1 unspecified atom stereocenters. The molecule has 2 aromatic heterocycles. The van der Waals surface area contributed by atoms with Gasteiger partial charge in [0.1, 0.15) is 47.5 Å². The molecule has 5 rings (SSSR count). The molecule has 2 aliphatic heterocycles. The van der Waals surface area contributed by atoms with Crippen molar-refractivity contribution in [2.75, 3.05) is 18.9 Å². The topological polar surface area (TPSA) is 182 Å². The van der Waals surface area contributed by atoms with Crippen molar-refractivity contribution in [3.63, 3.8) is 0 Å². The summed E-state index contributed by atoms with van der Waals surface area (Å²) < 4.78 is 52.5. The first-order chi connectivity index (χ1) is 21.8. The van der Waals surface area contributed by atoms with E-state index in [0.717, 1.165) is 12.8 Å². The average molecular weight is 657 g/mol. The van der Waals surface area contributed by atoms with Gasteiger partial charge in [0.15, 0.2) is 11.6 Å². The van der Waals surface area contributed by atoms with Crippen molar-refractivity contribution in [3.8, 4) is 11.8 Å². The standard InChI is InChI=1S/C31H41N6O8P/c1-7-20(8-2)16-40-29(38)19(3)36-46(39,45-22-11-9-21(15-32)10-12-22)41-17-24-26-27(44-30(4,5)43-26)31(6,42-24)25-14-13-23-28(33)34-18-35-37(23)25/h9-14,18-20,24,26-27H,7-8,16-17H2,1-6H3,(H,36,39)(H2,33,34,35)/t19-,24+,26+,27+,31-,46?/m0/s1. The lowest BCUT2D eigenvalue weighted by Crippen LogP contribution is -2.39. The van der Waals surface area contributed by atoms with Crippen LogP contribution >= 0.6 is 7.75 Å². The Morgan fingerprint density at radius 3 is 2.54 bits per heavy atom. The summed E-state index contributed by atoms with van der Waals surface area (Å²) in [7, 11) is -4.26. The van der Waals surface area contributed by atoms with Gasteiger partial charge >= 0.3 is 13.7 Å². The normalized spacial score (nSPS) is 25.6. The molecule has 1 aromatic carbocycles. The van der Waals surface area contributed by atoms with E-state index in [4.69, 9.17) is 33.7 Å². The number of nitriles is 1. The fourth-order valence-electron chi connectivity index (χ4n) is 5.73. The van der Waals surface area contributed by atoms with Crippen molar-refractivity contribution in [2.45, 2.75) is 90.1 Å². The van der Waals surface area contributed by atoms with Crippen LogP contribution in [0.25, 0.3) is 5.52 Å². The van der Waals surface area contributed by atoms with E-state index in [1.54, 1.807) is 24.4 Å². The molecule has 0 amide bonds. The molecule has 14 nitrogen and oxygen atoms in total. The molecule has 248 valence electrons. The highest BCUT2D eigenvalue weighted by Crippen LogP contribution is 2.51. The van der Waals surface area contributed by atoms with Gasteiger partial charge in [0.05, 0.1) is 30.5 Å². The zero-order valence-electron chi connectivity index (χ0n) is 26.8. The maximum atomic E-state index is 14.3. The number of carbonyl (C=O) groups excluding carboxylic acids is 1. The molecule has 4 heterocycles. The van der Waals surface area contributed by atoms with E-state index in [0.29, 0.717) is 22.6 Å². The molecule has 2 fully saturated rings. The van der Waals surface area contributed by atoms with Crippen LogP contribution in [0.5, 0.6) is 5.75 Å². The summed E-state index contributed by atoms with van der Waals surface area (Å²) in [4.78, 5) is 17.0. The minimum Gasteiger partial charge on any atom is -0.464 e. The number of esters is 1. The van der Waals surface area contributed by atoms with Crippen LogP contribution < -0.4 is 15.3 Å². The van der Waals surface area contributed by atoms with E-state index in [1.165, 1.54) is 37.5 Å². The van der Waals surface area contributed by atoms with Crippen LogP contribution in [0.4, 0.5) is 5.82 Å². The number of carbonyl (C=O) groups is 1. The predicted octanol–water partition coefficient (Wildman–Crippen LogP) is 4.48. The molecular formula is C31H41N6O8P. The Kier molecular flexibility index (Phi) is 9.75. The molecule has 2 aliphatic rings. The Morgan fingerprint density at radius 2 is 1.87 bits per heavy atom. The van der Waals surface area contributed by atoms with Crippen LogP contribution in [0, 0.1) is 17.2 Å². The summed E-state index contributed by atoms with van der Waals surface area (Å²) >= 11 is 0. The number of nitrogens with zero attached hydrogens (tertiary/aromatic N) is 4. The van der Waals surface area contributed by atoms with Gasteiger partial charge in [-0.2, -0.15) is 15.4 Å². The van der Waals surface area contributed by atoms with E-state index < -0.39 is 49.5 Å². The first kappa shape index (κ1) is 33.8. The molecule has 15 heteroatoms. The molecule has 0 spiro atoms. The first-order valence-electron chi connectivity index (χ1n) is 15.3. The second kappa shape index (κ2) is 13.3. The molecule has 3 aromatic rings. The minimum absolute atomic E-state index is 0.168. The summed E-state index contributed by atoms with van der Waals surface area (Å²) in [6.07, 6.45) is 1.07. The summed E-state index contributed by atoms with van der Waals surface area (Å²) in [5, 5.41) is 16.3. The Morgan fingerprint density at radius 1 is 1.15 bits per heavy atom. The molecule has 0 radical (unpaired) electrons. The number of fused-ring (bicyclic) bond motifs is 2.